The van der Waals surface area contributed by atoms with Crippen LogP contribution in [0.25, 0.3) is 0 Å². The molecule has 0 radical (unpaired) electrons. The quantitative estimate of drug-likeness (QED) is 0.646. The number of carbonyl (C=O) groups excluding carboxylic acids is 1. The first kappa shape index (κ1) is 16.8. The summed E-state index contributed by atoms with van der Waals surface area (Å²) in [6, 6.07) is 0. The van der Waals surface area contributed by atoms with E-state index in [2.05, 4.69) is 19.1 Å². The second kappa shape index (κ2) is 6.11. The molecule has 0 amide bonds. The lowest BCUT2D eigenvalue weighted by atomic mass is 9.48. The molecule has 5 aliphatic carbocycles. The average molecular weight is 353 g/mol. The Bertz CT molecular complexity index is 699. The molecule has 0 spiro atoms. The van der Waals surface area contributed by atoms with Gasteiger partial charge in [-0.2, -0.15) is 0 Å². The third-order valence-corrected chi connectivity index (χ3v) is 8.63. The van der Waals surface area contributed by atoms with Crippen molar-refractivity contribution in [3.05, 3.63) is 35.6 Å². The van der Waals surface area contributed by atoms with Crippen molar-refractivity contribution in [2.45, 2.75) is 71.1 Å². The van der Waals surface area contributed by atoms with E-state index < -0.39 is 0 Å². The van der Waals surface area contributed by atoms with Gasteiger partial charge in [0.15, 0.2) is 5.78 Å². The van der Waals surface area contributed by atoms with Crippen LogP contribution >= 0.6 is 0 Å². The molecule has 0 bridgehead atoms. The van der Waals surface area contributed by atoms with Crippen molar-refractivity contribution < 1.29 is 9.53 Å². The second-order valence-electron chi connectivity index (χ2n) is 9.75. The smallest absolute Gasteiger partial charge is 0.178 e. The Kier molecular flexibility index (Phi) is 3.95. The fourth-order valence-corrected chi connectivity index (χ4v) is 7.25. The minimum Gasteiger partial charge on any atom is -0.498 e. The van der Waals surface area contributed by atoms with Crippen LogP contribution in [0.1, 0.15) is 71.1 Å². The molecule has 26 heavy (non-hydrogen) atoms. The summed E-state index contributed by atoms with van der Waals surface area (Å²) in [6.45, 7) is 3.36. The van der Waals surface area contributed by atoms with Crippen LogP contribution in [0, 0.1) is 28.6 Å². The first-order valence-electron chi connectivity index (χ1n) is 10.9. The van der Waals surface area contributed by atoms with Crippen LogP contribution in [-0.2, 0) is 9.53 Å². The van der Waals surface area contributed by atoms with Crippen LogP contribution < -0.4 is 0 Å². The van der Waals surface area contributed by atoms with Crippen LogP contribution in [0.5, 0.6) is 0 Å². The predicted molar refractivity (Wildman–Crippen MR) is 103 cm³/mol. The molecule has 0 aliphatic heterocycles. The minimum absolute atomic E-state index is 0.125. The van der Waals surface area contributed by atoms with Gasteiger partial charge in [0.25, 0.3) is 0 Å². The zero-order valence-electron chi connectivity index (χ0n) is 16.1. The number of hydrogen-bond donors (Lipinski definition) is 0. The first-order chi connectivity index (χ1) is 12.6. The summed E-state index contributed by atoms with van der Waals surface area (Å²) < 4.78 is 6.36. The third kappa shape index (κ3) is 2.47. The highest BCUT2D eigenvalue weighted by Crippen LogP contribution is 2.64. The molecule has 0 N–H and O–H groups in total. The highest BCUT2D eigenvalue weighted by atomic mass is 16.5. The van der Waals surface area contributed by atoms with E-state index in [1.165, 1.54) is 62.7 Å². The molecule has 5 aliphatic rings. The Morgan fingerprint density at radius 1 is 1.12 bits per heavy atom. The maximum absolute atomic E-state index is 11.9. The summed E-state index contributed by atoms with van der Waals surface area (Å²) in [7, 11) is 0. The number of allylic oxidation sites excluding steroid dienone is 6. The van der Waals surface area contributed by atoms with Gasteiger partial charge in [0.2, 0.25) is 0 Å². The average Bonchev–Trinajstić information content (AvgIpc) is 3.30. The predicted octanol–water partition coefficient (Wildman–Crippen LogP) is 5.75. The molecule has 0 aromatic heterocycles. The molecule has 3 fully saturated rings. The van der Waals surface area contributed by atoms with Gasteiger partial charge in [-0.1, -0.05) is 25.0 Å². The standard InChI is InChI=1S/C24H32O2/c1-23-13-10-18(25)15-17(23)8-9-20-21(23)11-14-24(12-4-7-22(20)24)16-26-19-5-2-3-6-19/h5,10,13,15,20-22H,2-4,6-9,11-12,14,16H2,1H3/t20-,21+,22+,23+,24+/m1/s1. The van der Waals surface area contributed by atoms with E-state index in [4.69, 9.17) is 4.74 Å². The third-order valence-electron chi connectivity index (χ3n) is 8.63. The summed E-state index contributed by atoms with van der Waals surface area (Å²) in [5, 5.41) is 0. The Morgan fingerprint density at radius 2 is 2.04 bits per heavy atom. The van der Waals surface area contributed by atoms with Gasteiger partial charge in [-0.25, -0.2) is 0 Å². The maximum Gasteiger partial charge on any atom is 0.178 e. The Hall–Kier alpha value is -1.31. The second-order valence-corrected chi connectivity index (χ2v) is 9.75. The molecule has 0 saturated heterocycles. The van der Waals surface area contributed by atoms with Gasteiger partial charge in [-0.05, 0) is 87.3 Å². The van der Waals surface area contributed by atoms with E-state index in [0.717, 1.165) is 31.3 Å². The van der Waals surface area contributed by atoms with Crippen LogP contribution in [0.4, 0.5) is 0 Å². The number of fused-ring (bicyclic) bond motifs is 5. The number of carbonyl (C=O) groups is 1. The molecule has 0 unspecified atom stereocenters. The summed E-state index contributed by atoms with van der Waals surface area (Å²) in [5.74, 6) is 3.82. The zero-order valence-corrected chi connectivity index (χ0v) is 16.1. The molecule has 0 aromatic rings. The summed E-state index contributed by atoms with van der Waals surface area (Å²) in [5.41, 5.74) is 1.96. The fraction of sp³-hybridized carbons (Fsp3) is 0.708. The Balaban J connectivity index is 1.39. The van der Waals surface area contributed by atoms with Crippen molar-refractivity contribution >= 4 is 5.78 Å². The van der Waals surface area contributed by atoms with E-state index in [1.54, 1.807) is 0 Å². The van der Waals surface area contributed by atoms with Crippen LogP contribution in [0.15, 0.2) is 35.6 Å². The molecule has 5 atom stereocenters. The van der Waals surface area contributed by atoms with E-state index >= 15 is 0 Å². The van der Waals surface area contributed by atoms with Crippen LogP contribution in [0.3, 0.4) is 0 Å². The molecular weight excluding hydrogens is 320 g/mol. The number of ketones is 1. The Morgan fingerprint density at radius 3 is 2.88 bits per heavy atom. The molecular formula is C24H32O2. The van der Waals surface area contributed by atoms with Gasteiger partial charge in [-0.3, -0.25) is 4.79 Å². The van der Waals surface area contributed by atoms with Gasteiger partial charge in [0.05, 0.1) is 12.4 Å². The molecule has 5 rings (SSSR count). The molecule has 0 aromatic carbocycles. The molecule has 0 heterocycles. The summed E-state index contributed by atoms with van der Waals surface area (Å²) in [4.78, 5) is 11.9. The lowest BCUT2D eigenvalue weighted by Crippen LogP contribution is -2.50. The lowest BCUT2D eigenvalue weighted by Gasteiger charge is -2.56. The molecule has 2 nitrogen and oxygen atoms in total. The van der Waals surface area contributed by atoms with Crippen molar-refractivity contribution in [3.63, 3.8) is 0 Å². The maximum atomic E-state index is 11.9. The van der Waals surface area contributed by atoms with Gasteiger partial charge < -0.3 is 4.74 Å². The van der Waals surface area contributed by atoms with Crippen molar-refractivity contribution in [3.8, 4) is 0 Å². The topological polar surface area (TPSA) is 26.3 Å². The highest BCUT2D eigenvalue weighted by molar-refractivity contribution is 6.01. The van der Waals surface area contributed by atoms with Gasteiger partial charge in [0, 0.05) is 17.3 Å². The van der Waals surface area contributed by atoms with E-state index in [9.17, 15) is 4.79 Å². The molecule has 3 saturated carbocycles. The summed E-state index contributed by atoms with van der Waals surface area (Å²) >= 11 is 0. The first-order valence-corrected chi connectivity index (χ1v) is 10.9. The van der Waals surface area contributed by atoms with E-state index in [0.29, 0.717) is 11.3 Å². The van der Waals surface area contributed by atoms with Crippen molar-refractivity contribution in [1.82, 2.24) is 0 Å². The normalized spacial score (nSPS) is 44.0. The Labute approximate surface area is 157 Å². The number of rotatable bonds is 3. The number of ether oxygens (including phenoxy) is 1. The monoisotopic (exact) mass is 352 g/mol. The van der Waals surface area contributed by atoms with Gasteiger partial charge in [0.1, 0.15) is 0 Å². The highest BCUT2D eigenvalue weighted by Gasteiger charge is 2.57. The van der Waals surface area contributed by atoms with Crippen molar-refractivity contribution in [2.75, 3.05) is 6.61 Å². The molecule has 140 valence electrons. The largest absolute Gasteiger partial charge is 0.498 e. The lowest BCUT2D eigenvalue weighted by molar-refractivity contribution is -0.111. The van der Waals surface area contributed by atoms with Crippen LogP contribution in [-0.4, -0.2) is 12.4 Å². The van der Waals surface area contributed by atoms with Crippen molar-refractivity contribution in [1.29, 1.82) is 0 Å². The van der Waals surface area contributed by atoms with Gasteiger partial charge in [-0.15, -0.1) is 0 Å². The molecule has 2 heteroatoms. The van der Waals surface area contributed by atoms with E-state index in [-0.39, 0.29) is 11.2 Å². The SMILES string of the molecule is C[C@]12C=CC(=O)C=C1CC[C@H]1[C@@H]3CCC[C@@]3(COC3=CCCC3)CC[C@@H]12. The zero-order chi connectivity index (χ0) is 17.8. The van der Waals surface area contributed by atoms with E-state index in [1.807, 2.05) is 12.2 Å². The summed E-state index contributed by atoms with van der Waals surface area (Å²) in [6.07, 6.45) is 21.1. The van der Waals surface area contributed by atoms with Crippen molar-refractivity contribution in [2.24, 2.45) is 28.6 Å². The minimum atomic E-state index is 0.125. The number of hydrogen-bond acceptors (Lipinski definition) is 2. The van der Waals surface area contributed by atoms with Gasteiger partial charge >= 0.3 is 0 Å². The fourth-order valence-electron chi connectivity index (χ4n) is 7.25. The van der Waals surface area contributed by atoms with Crippen LogP contribution in [0.2, 0.25) is 0 Å².